The van der Waals surface area contributed by atoms with Crippen molar-refractivity contribution in [2.45, 2.75) is 20.0 Å². The molecule has 2 N–H and O–H groups in total. The second-order valence-electron chi connectivity index (χ2n) is 3.80. The summed E-state index contributed by atoms with van der Waals surface area (Å²) in [7, 11) is 0. The van der Waals surface area contributed by atoms with Gasteiger partial charge in [0.25, 0.3) is 0 Å². The lowest BCUT2D eigenvalue weighted by molar-refractivity contribution is 0.242. The molecule has 1 heterocycles. The largest absolute Gasteiger partial charge is 0.491 e. The quantitative estimate of drug-likeness (QED) is 0.860. The van der Waals surface area contributed by atoms with Crippen LogP contribution in [-0.4, -0.2) is 11.3 Å². The molecule has 0 aliphatic heterocycles. The molecule has 0 fully saturated rings. The van der Waals surface area contributed by atoms with Crippen LogP contribution in [0.5, 0.6) is 5.75 Å². The van der Waals surface area contributed by atoms with Crippen molar-refractivity contribution in [3.63, 3.8) is 0 Å². The lowest BCUT2D eigenvalue weighted by Crippen LogP contribution is -2.05. The van der Waals surface area contributed by atoms with Crippen molar-refractivity contribution in [2.75, 3.05) is 5.73 Å². The minimum Gasteiger partial charge on any atom is -0.491 e. The van der Waals surface area contributed by atoms with Crippen molar-refractivity contribution in [1.29, 1.82) is 0 Å². The molecule has 16 heavy (non-hydrogen) atoms. The van der Waals surface area contributed by atoms with E-state index in [1.807, 2.05) is 38.1 Å². The molecule has 4 nitrogen and oxygen atoms in total. The van der Waals surface area contributed by atoms with E-state index in [1.165, 1.54) is 6.26 Å². The van der Waals surface area contributed by atoms with Crippen molar-refractivity contribution in [2.24, 2.45) is 0 Å². The Kier molecular flexibility index (Phi) is 2.81. The van der Waals surface area contributed by atoms with Gasteiger partial charge in [-0.3, -0.25) is 0 Å². The van der Waals surface area contributed by atoms with Crippen LogP contribution in [0.15, 0.2) is 35.1 Å². The van der Waals surface area contributed by atoms with E-state index in [0.29, 0.717) is 5.82 Å². The molecule has 0 aliphatic rings. The summed E-state index contributed by atoms with van der Waals surface area (Å²) in [5.74, 6) is 1.24. The lowest BCUT2D eigenvalue weighted by Gasteiger charge is -2.09. The molecule has 0 saturated heterocycles. The maximum absolute atomic E-state index is 5.66. The number of anilines is 1. The van der Waals surface area contributed by atoms with E-state index >= 15 is 0 Å². The molecule has 1 aromatic carbocycles. The van der Waals surface area contributed by atoms with Gasteiger partial charge in [0.15, 0.2) is 5.82 Å². The molecule has 2 rings (SSSR count). The van der Waals surface area contributed by atoms with Crippen molar-refractivity contribution >= 4 is 5.82 Å². The van der Waals surface area contributed by atoms with E-state index in [0.717, 1.165) is 16.9 Å². The number of nitrogens with two attached hydrogens (primary N) is 1. The zero-order valence-electron chi connectivity index (χ0n) is 9.31. The molecule has 0 atom stereocenters. The van der Waals surface area contributed by atoms with Gasteiger partial charge in [0.2, 0.25) is 0 Å². The van der Waals surface area contributed by atoms with Crippen LogP contribution < -0.4 is 10.5 Å². The highest BCUT2D eigenvalue weighted by Crippen LogP contribution is 2.26. The van der Waals surface area contributed by atoms with Gasteiger partial charge in [-0.15, -0.1) is 0 Å². The standard InChI is InChI=1S/C12H14N2O2/c1-8(2)16-10-5-3-9(4-6-10)11-7-15-14-12(11)13/h3-8H,1-2H3,(H2,13,14). The SMILES string of the molecule is CC(C)Oc1ccc(-c2conc2N)cc1. The van der Waals surface area contributed by atoms with Crippen molar-refractivity contribution < 1.29 is 9.26 Å². The van der Waals surface area contributed by atoms with Crippen LogP contribution >= 0.6 is 0 Å². The number of hydrogen-bond donors (Lipinski definition) is 1. The molecular weight excluding hydrogens is 204 g/mol. The van der Waals surface area contributed by atoms with Crippen LogP contribution in [0, 0.1) is 0 Å². The van der Waals surface area contributed by atoms with Crippen LogP contribution in [0.25, 0.3) is 11.1 Å². The number of nitrogen functional groups attached to an aromatic ring is 1. The van der Waals surface area contributed by atoms with Crippen molar-refractivity contribution in [3.8, 4) is 16.9 Å². The normalized spacial score (nSPS) is 10.7. The van der Waals surface area contributed by atoms with Crippen LogP contribution in [0.4, 0.5) is 5.82 Å². The highest BCUT2D eigenvalue weighted by Gasteiger charge is 2.06. The van der Waals surface area contributed by atoms with Gasteiger partial charge in [-0.2, -0.15) is 0 Å². The average molecular weight is 218 g/mol. The van der Waals surface area contributed by atoms with E-state index < -0.39 is 0 Å². The summed E-state index contributed by atoms with van der Waals surface area (Å²) >= 11 is 0. The Labute approximate surface area is 94.0 Å². The zero-order chi connectivity index (χ0) is 11.5. The minimum absolute atomic E-state index is 0.173. The molecule has 0 saturated carbocycles. The number of hydrogen-bond acceptors (Lipinski definition) is 4. The molecule has 1 aromatic heterocycles. The number of benzene rings is 1. The second-order valence-corrected chi connectivity index (χ2v) is 3.80. The summed E-state index contributed by atoms with van der Waals surface area (Å²) in [6.45, 7) is 3.98. The highest BCUT2D eigenvalue weighted by atomic mass is 16.5. The van der Waals surface area contributed by atoms with Gasteiger partial charge in [-0.25, -0.2) is 0 Å². The molecular formula is C12H14N2O2. The Morgan fingerprint density at radius 1 is 1.25 bits per heavy atom. The van der Waals surface area contributed by atoms with Gasteiger partial charge in [0.05, 0.1) is 11.7 Å². The maximum Gasteiger partial charge on any atom is 0.174 e. The Balaban J connectivity index is 2.23. The number of ether oxygens (including phenoxy) is 1. The highest BCUT2D eigenvalue weighted by molar-refractivity contribution is 5.72. The molecule has 2 aromatic rings. The third-order valence-corrected chi connectivity index (χ3v) is 2.13. The third-order valence-electron chi connectivity index (χ3n) is 2.13. The fourth-order valence-electron chi connectivity index (χ4n) is 1.45. The Hall–Kier alpha value is -1.97. The maximum atomic E-state index is 5.66. The predicted octanol–water partition coefficient (Wildman–Crippen LogP) is 2.71. The smallest absolute Gasteiger partial charge is 0.174 e. The van der Waals surface area contributed by atoms with Crippen LogP contribution in [0.2, 0.25) is 0 Å². The first-order valence-electron chi connectivity index (χ1n) is 5.14. The van der Waals surface area contributed by atoms with E-state index in [1.54, 1.807) is 0 Å². The lowest BCUT2D eigenvalue weighted by atomic mass is 10.1. The van der Waals surface area contributed by atoms with Gasteiger partial charge in [0.1, 0.15) is 12.0 Å². The third kappa shape index (κ3) is 2.16. The molecule has 0 radical (unpaired) electrons. The van der Waals surface area contributed by atoms with E-state index in [2.05, 4.69) is 5.16 Å². The van der Waals surface area contributed by atoms with Gasteiger partial charge < -0.3 is 15.0 Å². The van der Waals surface area contributed by atoms with Gasteiger partial charge >= 0.3 is 0 Å². The Morgan fingerprint density at radius 2 is 1.94 bits per heavy atom. The fourth-order valence-corrected chi connectivity index (χ4v) is 1.45. The van der Waals surface area contributed by atoms with Gasteiger partial charge in [0, 0.05) is 0 Å². The molecule has 0 bridgehead atoms. The summed E-state index contributed by atoms with van der Waals surface area (Å²) in [5, 5.41) is 3.64. The number of nitrogens with zero attached hydrogens (tertiary/aromatic N) is 1. The summed E-state index contributed by atoms with van der Waals surface area (Å²) in [6, 6.07) is 7.67. The summed E-state index contributed by atoms with van der Waals surface area (Å²) < 4.78 is 10.3. The monoisotopic (exact) mass is 218 g/mol. The van der Waals surface area contributed by atoms with E-state index in [4.69, 9.17) is 15.0 Å². The van der Waals surface area contributed by atoms with Crippen molar-refractivity contribution in [1.82, 2.24) is 5.16 Å². The first-order chi connectivity index (χ1) is 7.66. The predicted molar refractivity (Wildman–Crippen MR) is 62.1 cm³/mol. The second kappa shape index (κ2) is 4.26. The van der Waals surface area contributed by atoms with Gasteiger partial charge in [-0.1, -0.05) is 17.3 Å². The number of rotatable bonds is 3. The average Bonchev–Trinajstić information content (AvgIpc) is 2.65. The molecule has 0 unspecified atom stereocenters. The topological polar surface area (TPSA) is 61.3 Å². The molecule has 0 spiro atoms. The Morgan fingerprint density at radius 3 is 2.44 bits per heavy atom. The Bertz CT molecular complexity index is 460. The van der Waals surface area contributed by atoms with Crippen molar-refractivity contribution in [3.05, 3.63) is 30.5 Å². The van der Waals surface area contributed by atoms with E-state index in [-0.39, 0.29) is 6.10 Å². The molecule has 0 amide bonds. The molecule has 0 aliphatic carbocycles. The molecule has 84 valence electrons. The summed E-state index contributed by atoms with van der Waals surface area (Å²) in [5.41, 5.74) is 7.42. The van der Waals surface area contributed by atoms with Gasteiger partial charge in [-0.05, 0) is 31.5 Å². The zero-order valence-corrected chi connectivity index (χ0v) is 9.31. The summed E-state index contributed by atoms with van der Waals surface area (Å²) in [4.78, 5) is 0. The number of aromatic nitrogens is 1. The fraction of sp³-hybridized carbons (Fsp3) is 0.250. The minimum atomic E-state index is 0.173. The van der Waals surface area contributed by atoms with E-state index in [9.17, 15) is 0 Å². The van der Waals surface area contributed by atoms with Crippen LogP contribution in [0.1, 0.15) is 13.8 Å². The molecule has 4 heteroatoms. The van der Waals surface area contributed by atoms with Crippen LogP contribution in [0.3, 0.4) is 0 Å². The van der Waals surface area contributed by atoms with Crippen LogP contribution in [-0.2, 0) is 0 Å². The first-order valence-corrected chi connectivity index (χ1v) is 5.14. The first kappa shape index (κ1) is 10.5. The summed E-state index contributed by atoms with van der Waals surface area (Å²) in [6.07, 6.45) is 1.71.